The molecule has 3 rings (SSSR count). The fourth-order valence-corrected chi connectivity index (χ4v) is 3.57. The lowest BCUT2D eigenvalue weighted by atomic mass is 9.99. The van der Waals surface area contributed by atoms with Gasteiger partial charge in [0.2, 0.25) is 6.29 Å². The van der Waals surface area contributed by atoms with Gasteiger partial charge in [0.1, 0.15) is 37.6 Å². The van der Waals surface area contributed by atoms with E-state index in [2.05, 4.69) is 0 Å². The van der Waals surface area contributed by atoms with E-state index in [1.165, 1.54) is 26.4 Å². The van der Waals surface area contributed by atoms with E-state index in [1.807, 2.05) is 6.07 Å². The molecule has 11 nitrogen and oxygen atoms in total. The molecule has 39 heavy (non-hydrogen) atoms. The Labute approximate surface area is 225 Å². The maximum atomic E-state index is 12.6. The first kappa shape index (κ1) is 32.1. The number of methoxy groups -OCH3 is 2. The molecule has 2 aromatic carbocycles. The molecule has 2 aromatic rings. The number of hydrogen-bond donors (Lipinski definition) is 4. The molecule has 15 heteroatoms. The summed E-state index contributed by atoms with van der Waals surface area (Å²) in [5.41, 5.74) is 7.26. The summed E-state index contributed by atoms with van der Waals surface area (Å²) in [7, 11) is 2.67. The standard InChI is InChI=1S/C22H26ClNO9.C2HF3O/c1-29-15-8-12(7-14(23)20(15)31-9-11-4-3-5-13(24)6-11)21(28)32-10-16-17(25)18(26)19(27)22(30-2)33-16;3-2(4,5)1-6/h3-8,16-19,22,25-27H,9-10,24H2,1-2H3;1H/t16-,17-,18+,19-,22+;/m1./s1. The van der Waals surface area contributed by atoms with Crippen LogP contribution in [0.3, 0.4) is 0 Å². The Balaban J connectivity index is 0.000000798. The molecule has 5 atom stereocenters. The smallest absolute Gasteiger partial charge is 0.446 e. The van der Waals surface area contributed by atoms with Crippen LogP contribution in [0.2, 0.25) is 5.02 Å². The lowest BCUT2D eigenvalue weighted by Gasteiger charge is -2.39. The van der Waals surface area contributed by atoms with E-state index in [9.17, 15) is 33.3 Å². The minimum absolute atomic E-state index is 0.0716. The van der Waals surface area contributed by atoms with Gasteiger partial charge in [-0.1, -0.05) is 23.7 Å². The van der Waals surface area contributed by atoms with Crippen molar-refractivity contribution >= 4 is 29.5 Å². The maximum Gasteiger partial charge on any atom is 0.446 e. The third kappa shape index (κ3) is 9.23. The minimum atomic E-state index is -4.64. The van der Waals surface area contributed by atoms with Crippen molar-refractivity contribution in [3.8, 4) is 11.5 Å². The molecular weight excluding hydrogens is 555 g/mol. The van der Waals surface area contributed by atoms with E-state index >= 15 is 0 Å². The van der Waals surface area contributed by atoms with Crippen molar-refractivity contribution in [3.63, 3.8) is 0 Å². The number of nitrogen functional groups attached to an aromatic ring is 1. The summed E-state index contributed by atoms with van der Waals surface area (Å²) in [6.07, 6.45) is -12.5. The highest BCUT2D eigenvalue weighted by atomic mass is 35.5. The average molecular weight is 582 g/mol. The largest absolute Gasteiger partial charge is 0.493 e. The van der Waals surface area contributed by atoms with Gasteiger partial charge in [0, 0.05) is 12.8 Å². The van der Waals surface area contributed by atoms with Crippen LogP contribution in [0.1, 0.15) is 15.9 Å². The van der Waals surface area contributed by atoms with Crippen LogP contribution in [0, 0.1) is 0 Å². The number of rotatable bonds is 8. The fraction of sp³-hybridized carbons (Fsp3) is 0.417. The molecule has 1 saturated heterocycles. The van der Waals surface area contributed by atoms with Crippen LogP contribution in [0.25, 0.3) is 0 Å². The van der Waals surface area contributed by atoms with Gasteiger partial charge in [-0.05, 0) is 29.8 Å². The summed E-state index contributed by atoms with van der Waals surface area (Å²) in [5.74, 6) is -0.322. The van der Waals surface area contributed by atoms with Crippen molar-refractivity contribution in [2.45, 2.75) is 43.5 Å². The van der Waals surface area contributed by atoms with Gasteiger partial charge >= 0.3 is 12.1 Å². The summed E-state index contributed by atoms with van der Waals surface area (Å²) >= 11 is 6.32. The topological polar surface area (TPSA) is 167 Å². The van der Waals surface area contributed by atoms with Crippen LogP contribution in [0.5, 0.6) is 11.5 Å². The average Bonchev–Trinajstić information content (AvgIpc) is 2.90. The molecule has 0 saturated carbocycles. The van der Waals surface area contributed by atoms with Gasteiger partial charge in [0.05, 0.1) is 17.7 Å². The van der Waals surface area contributed by atoms with Gasteiger partial charge in [0.25, 0.3) is 0 Å². The molecule has 1 aliphatic rings. The third-order valence-electron chi connectivity index (χ3n) is 5.21. The predicted molar refractivity (Wildman–Crippen MR) is 129 cm³/mol. The molecule has 0 unspecified atom stereocenters. The number of halogens is 4. The number of aliphatic hydroxyl groups is 3. The molecule has 0 aromatic heterocycles. The van der Waals surface area contributed by atoms with E-state index in [4.69, 9.17) is 45.8 Å². The second-order valence-electron chi connectivity index (χ2n) is 8.03. The number of aliphatic hydroxyl groups excluding tert-OH is 3. The van der Waals surface area contributed by atoms with E-state index in [-0.39, 0.29) is 28.7 Å². The molecule has 0 aliphatic carbocycles. The number of aldehydes is 1. The number of benzene rings is 2. The number of ether oxygens (including phenoxy) is 5. The summed E-state index contributed by atoms with van der Waals surface area (Å²) in [5, 5.41) is 30.0. The zero-order chi connectivity index (χ0) is 29.3. The number of esters is 1. The molecule has 5 N–H and O–H groups in total. The van der Waals surface area contributed by atoms with Crippen molar-refractivity contribution in [3.05, 3.63) is 52.5 Å². The Bertz CT molecular complexity index is 1120. The van der Waals surface area contributed by atoms with Crippen LogP contribution in [-0.4, -0.2) is 85.3 Å². The third-order valence-corrected chi connectivity index (χ3v) is 5.49. The number of nitrogens with two attached hydrogens (primary N) is 1. The Hall–Kier alpha value is -3.14. The molecule has 0 spiro atoms. The zero-order valence-electron chi connectivity index (χ0n) is 20.6. The first-order chi connectivity index (χ1) is 18.3. The van der Waals surface area contributed by atoms with Crippen molar-refractivity contribution in [1.82, 2.24) is 0 Å². The Morgan fingerprint density at radius 1 is 1.13 bits per heavy atom. The van der Waals surface area contributed by atoms with Gasteiger partial charge < -0.3 is 44.7 Å². The normalized spacial score (nSPS) is 22.7. The molecule has 0 amide bonds. The number of anilines is 1. The molecule has 0 radical (unpaired) electrons. The van der Waals surface area contributed by atoms with Gasteiger partial charge in [-0.15, -0.1) is 0 Å². The van der Waals surface area contributed by atoms with Gasteiger partial charge in [0.15, 0.2) is 17.8 Å². The molecule has 1 fully saturated rings. The lowest BCUT2D eigenvalue weighted by Crippen LogP contribution is -2.59. The molecule has 1 heterocycles. The zero-order valence-corrected chi connectivity index (χ0v) is 21.4. The van der Waals surface area contributed by atoms with Gasteiger partial charge in [-0.25, -0.2) is 4.79 Å². The van der Waals surface area contributed by atoms with Crippen molar-refractivity contribution in [1.29, 1.82) is 0 Å². The number of carbonyl (C=O) groups is 2. The van der Waals surface area contributed by atoms with E-state index in [0.717, 1.165) is 5.56 Å². The summed E-state index contributed by atoms with van der Waals surface area (Å²) in [4.78, 5) is 21.3. The van der Waals surface area contributed by atoms with Crippen LogP contribution in [0.15, 0.2) is 36.4 Å². The molecule has 0 bridgehead atoms. The van der Waals surface area contributed by atoms with Crippen LogP contribution in [-0.2, 0) is 25.6 Å². The van der Waals surface area contributed by atoms with E-state index in [0.29, 0.717) is 5.69 Å². The second-order valence-corrected chi connectivity index (χ2v) is 8.44. The maximum absolute atomic E-state index is 12.6. The van der Waals surface area contributed by atoms with Crippen molar-refractivity contribution < 1.29 is 61.8 Å². The predicted octanol–water partition coefficient (Wildman–Crippen LogP) is 1.87. The SMILES string of the molecule is COc1cc(C(=O)OC[C@H]2O[C@H](OC)[C@H](O)[C@@H](O)[C@@H]2O)cc(Cl)c1OCc1cccc(N)c1.O=CC(F)(F)F. The summed E-state index contributed by atoms with van der Waals surface area (Å²) < 4.78 is 57.8. The van der Waals surface area contributed by atoms with Crippen LogP contribution >= 0.6 is 11.6 Å². The monoisotopic (exact) mass is 581 g/mol. The summed E-state index contributed by atoms with van der Waals surface area (Å²) in [6, 6.07) is 9.92. The molecule has 1 aliphatic heterocycles. The Morgan fingerprint density at radius 3 is 2.36 bits per heavy atom. The number of alkyl halides is 3. The van der Waals surface area contributed by atoms with Crippen molar-refractivity contribution in [2.75, 3.05) is 26.6 Å². The van der Waals surface area contributed by atoms with Crippen LogP contribution < -0.4 is 15.2 Å². The van der Waals surface area contributed by atoms with Gasteiger partial charge in [-0.2, -0.15) is 13.2 Å². The quantitative estimate of drug-likeness (QED) is 0.204. The van der Waals surface area contributed by atoms with E-state index in [1.54, 1.807) is 18.2 Å². The fourth-order valence-electron chi connectivity index (χ4n) is 3.31. The highest BCUT2D eigenvalue weighted by molar-refractivity contribution is 6.32. The first-order valence-corrected chi connectivity index (χ1v) is 11.5. The number of carbonyl (C=O) groups excluding carboxylic acids is 2. The Morgan fingerprint density at radius 2 is 1.79 bits per heavy atom. The summed E-state index contributed by atoms with van der Waals surface area (Å²) in [6.45, 7) is -0.228. The van der Waals surface area contributed by atoms with Crippen LogP contribution in [0.4, 0.5) is 18.9 Å². The lowest BCUT2D eigenvalue weighted by molar-refractivity contribution is -0.294. The van der Waals surface area contributed by atoms with Crippen molar-refractivity contribution in [2.24, 2.45) is 0 Å². The first-order valence-electron chi connectivity index (χ1n) is 11.1. The highest BCUT2D eigenvalue weighted by Gasteiger charge is 2.44. The highest BCUT2D eigenvalue weighted by Crippen LogP contribution is 2.37. The molecular formula is C24H27ClF3NO10. The Kier molecular flexibility index (Phi) is 11.8. The second kappa shape index (κ2) is 14.3. The molecule has 216 valence electrons. The van der Waals surface area contributed by atoms with E-state index < -0.39 is 55.7 Å². The number of hydrogen-bond acceptors (Lipinski definition) is 11. The minimum Gasteiger partial charge on any atom is -0.493 e. The van der Waals surface area contributed by atoms with Gasteiger partial charge in [-0.3, -0.25) is 4.79 Å².